The van der Waals surface area contributed by atoms with E-state index in [-0.39, 0.29) is 0 Å². The van der Waals surface area contributed by atoms with E-state index in [1.165, 1.54) is 25.7 Å². The van der Waals surface area contributed by atoms with Crippen molar-refractivity contribution in [2.75, 3.05) is 0 Å². The summed E-state index contributed by atoms with van der Waals surface area (Å²) in [6.45, 7) is 4.19. The third-order valence-corrected chi connectivity index (χ3v) is 2.29. The summed E-state index contributed by atoms with van der Waals surface area (Å²) in [5, 5.41) is 0. The van der Waals surface area contributed by atoms with Crippen molar-refractivity contribution in [2.24, 2.45) is 0 Å². The first-order valence-electron chi connectivity index (χ1n) is 4.68. The molecule has 1 aliphatic rings. The lowest BCUT2D eigenvalue weighted by Gasteiger charge is -2.14. The smallest absolute Gasteiger partial charge is 0.0982 e. The molecule has 0 aromatic carbocycles. The maximum Gasteiger partial charge on any atom is 0.0982 e. The van der Waals surface area contributed by atoms with Gasteiger partial charge in [0.15, 0.2) is 0 Å². The van der Waals surface area contributed by atoms with Gasteiger partial charge in [0, 0.05) is 6.42 Å². The highest BCUT2D eigenvalue weighted by molar-refractivity contribution is 4.90. The Morgan fingerprint density at radius 3 is 2.55 bits per heavy atom. The maximum atomic E-state index is 5.77. The van der Waals surface area contributed by atoms with Crippen LogP contribution in [0.25, 0.3) is 0 Å². The molecule has 0 aromatic heterocycles. The van der Waals surface area contributed by atoms with Crippen LogP contribution in [0.1, 0.15) is 46.0 Å². The fraction of sp³-hybridized carbons (Fsp3) is 0.800. The summed E-state index contributed by atoms with van der Waals surface area (Å²) >= 11 is 0. The fourth-order valence-electron chi connectivity index (χ4n) is 1.58. The summed E-state index contributed by atoms with van der Waals surface area (Å²) in [7, 11) is 0. The molecule has 0 bridgehead atoms. The zero-order chi connectivity index (χ0) is 8.10. The molecule has 1 heteroatoms. The second kappa shape index (κ2) is 4.42. The van der Waals surface area contributed by atoms with E-state index in [9.17, 15) is 0 Å². The Morgan fingerprint density at radius 2 is 2.09 bits per heavy atom. The molecule has 1 aliphatic carbocycles. The lowest BCUT2D eigenvalue weighted by Crippen LogP contribution is -2.06. The summed E-state index contributed by atoms with van der Waals surface area (Å²) < 4.78 is 5.77. The van der Waals surface area contributed by atoms with Crippen LogP contribution >= 0.6 is 0 Å². The van der Waals surface area contributed by atoms with Gasteiger partial charge in [-0.3, -0.25) is 0 Å². The molecule has 11 heavy (non-hydrogen) atoms. The van der Waals surface area contributed by atoms with E-state index in [1.54, 1.807) is 0 Å². The van der Waals surface area contributed by atoms with Crippen LogP contribution in [0.2, 0.25) is 0 Å². The first-order valence-corrected chi connectivity index (χ1v) is 4.68. The number of allylic oxidation sites excluding steroid dienone is 2. The van der Waals surface area contributed by atoms with Crippen LogP contribution in [0.3, 0.4) is 0 Å². The molecule has 0 heterocycles. The minimum absolute atomic E-state index is 0.529. The average molecular weight is 154 g/mol. The zero-order valence-corrected chi connectivity index (χ0v) is 7.60. The molecule has 64 valence electrons. The Hall–Kier alpha value is -0.460. The highest BCUT2D eigenvalue weighted by atomic mass is 16.5. The van der Waals surface area contributed by atoms with Gasteiger partial charge in [0.2, 0.25) is 0 Å². The molecule has 0 unspecified atom stereocenters. The Bertz CT molecular complexity index is 132. The SMILES string of the molecule is CC=C(CC)OC1CCCC1. The van der Waals surface area contributed by atoms with Gasteiger partial charge in [-0.1, -0.05) is 6.92 Å². The van der Waals surface area contributed by atoms with Crippen molar-refractivity contribution in [3.63, 3.8) is 0 Å². The van der Waals surface area contributed by atoms with Gasteiger partial charge in [0.05, 0.1) is 11.9 Å². The molecular formula is C10H18O. The second-order valence-corrected chi connectivity index (χ2v) is 3.13. The molecule has 0 spiro atoms. The Morgan fingerprint density at radius 1 is 1.45 bits per heavy atom. The van der Waals surface area contributed by atoms with E-state index in [4.69, 9.17) is 4.74 Å². The Kier molecular flexibility index (Phi) is 3.47. The molecule has 0 radical (unpaired) electrons. The van der Waals surface area contributed by atoms with Crippen LogP contribution < -0.4 is 0 Å². The lowest BCUT2D eigenvalue weighted by molar-refractivity contribution is 0.116. The molecular weight excluding hydrogens is 136 g/mol. The van der Waals surface area contributed by atoms with E-state index in [1.807, 2.05) is 6.92 Å². The van der Waals surface area contributed by atoms with Gasteiger partial charge < -0.3 is 4.74 Å². The van der Waals surface area contributed by atoms with Crippen molar-refractivity contribution in [1.82, 2.24) is 0 Å². The zero-order valence-electron chi connectivity index (χ0n) is 7.60. The van der Waals surface area contributed by atoms with E-state index >= 15 is 0 Å². The first kappa shape index (κ1) is 8.63. The van der Waals surface area contributed by atoms with Crippen molar-refractivity contribution < 1.29 is 4.74 Å². The minimum Gasteiger partial charge on any atom is -0.495 e. The van der Waals surface area contributed by atoms with Crippen LogP contribution in [0.15, 0.2) is 11.8 Å². The topological polar surface area (TPSA) is 9.23 Å². The molecule has 1 saturated carbocycles. The predicted molar refractivity (Wildman–Crippen MR) is 47.4 cm³/mol. The fourth-order valence-corrected chi connectivity index (χ4v) is 1.58. The van der Waals surface area contributed by atoms with Gasteiger partial charge in [-0.25, -0.2) is 0 Å². The van der Waals surface area contributed by atoms with Gasteiger partial charge >= 0.3 is 0 Å². The maximum absolute atomic E-state index is 5.77. The molecule has 1 rings (SSSR count). The highest BCUT2D eigenvalue weighted by Crippen LogP contribution is 2.23. The van der Waals surface area contributed by atoms with Crippen molar-refractivity contribution in [2.45, 2.75) is 52.1 Å². The van der Waals surface area contributed by atoms with Gasteiger partial charge in [-0.15, -0.1) is 0 Å². The van der Waals surface area contributed by atoms with Gasteiger partial charge in [0.25, 0.3) is 0 Å². The number of hydrogen-bond donors (Lipinski definition) is 0. The number of rotatable bonds is 3. The molecule has 1 nitrogen and oxygen atoms in total. The van der Waals surface area contributed by atoms with Crippen LogP contribution in [0.5, 0.6) is 0 Å². The third kappa shape index (κ3) is 2.57. The van der Waals surface area contributed by atoms with E-state index < -0.39 is 0 Å². The Balaban J connectivity index is 2.27. The summed E-state index contributed by atoms with van der Waals surface area (Å²) in [5.74, 6) is 1.16. The number of hydrogen-bond acceptors (Lipinski definition) is 1. The second-order valence-electron chi connectivity index (χ2n) is 3.13. The van der Waals surface area contributed by atoms with Crippen molar-refractivity contribution in [3.8, 4) is 0 Å². The largest absolute Gasteiger partial charge is 0.495 e. The minimum atomic E-state index is 0.529. The molecule has 0 aromatic rings. The van der Waals surface area contributed by atoms with Crippen LogP contribution in [0, 0.1) is 0 Å². The van der Waals surface area contributed by atoms with E-state index in [0.717, 1.165) is 12.2 Å². The first-order chi connectivity index (χ1) is 5.36. The van der Waals surface area contributed by atoms with Crippen LogP contribution in [0.4, 0.5) is 0 Å². The van der Waals surface area contributed by atoms with Gasteiger partial charge in [-0.05, 0) is 38.7 Å². The summed E-state index contributed by atoms with van der Waals surface area (Å²) in [6.07, 6.45) is 8.87. The van der Waals surface area contributed by atoms with Crippen molar-refractivity contribution in [1.29, 1.82) is 0 Å². The lowest BCUT2D eigenvalue weighted by atomic mass is 10.3. The molecule has 0 saturated heterocycles. The monoisotopic (exact) mass is 154 g/mol. The molecule has 0 amide bonds. The average Bonchev–Trinajstić information content (AvgIpc) is 2.52. The summed E-state index contributed by atoms with van der Waals surface area (Å²) in [5.41, 5.74) is 0. The molecule has 0 N–H and O–H groups in total. The summed E-state index contributed by atoms with van der Waals surface area (Å²) in [6, 6.07) is 0. The van der Waals surface area contributed by atoms with Crippen LogP contribution in [-0.2, 0) is 4.74 Å². The molecule has 1 fully saturated rings. The standard InChI is InChI=1S/C10H18O/c1-3-9(4-2)11-10-7-5-6-8-10/h3,10H,4-8H2,1-2H3. The predicted octanol–water partition coefficient (Wildman–Crippen LogP) is 3.26. The Labute approximate surface area is 69.4 Å². The van der Waals surface area contributed by atoms with Crippen LogP contribution in [-0.4, -0.2) is 6.10 Å². The highest BCUT2D eigenvalue weighted by Gasteiger charge is 2.16. The normalized spacial score (nSPS) is 20.7. The van der Waals surface area contributed by atoms with Crippen molar-refractivity contribution in [3.05, 3.63) is 11.8 Å². The van der Waals surface area contributed by atoms with Gasteiger partial charge in [-0.2, -0.15) is 0 Å². The molecule has 0 atom stereocenters. The third-order valence-electron chi connectivity index (χ3n) is 2.29. The quantitative estimate of drug-likeness (QED) is 0.567. The van der Waals surface area contributed by atoms with E-state index in [2.05, 4.69) is 13.0 Å². The molecule has 0 aliphatic heterocycles. The van der Waals surface area contributed by atoms with Gasteiger partial charge in [0.1, 0.15) is 0 Å². The number of ether oxygens (including phenoxy) is 1. The van der Waals surface area contributed by atoms with Crippen molar-refractivity contribution >= 4 is 0 Å². The van der Waals surface area contributed by atoms with E-state index in [0.29, 0.717) is 6.10 Å². The summed E-state index contributed by atoms with van der Waals surface area (Å²) in [4.78, 5) is 0.